The van der Waals surface area contributed by atoms with Crippen molar-refractivity contribution in [3.63, 3.8) is 0 Å². The molecular weight excluding hydrogens is 284 g/mol. The third-order valence-corrected chi connectivity index (χ3v) is 3.33. The number of aromatic nitrogens is 2. The van der Waals surface area contributed by atoms with E-state index in [1.807, 2.05) is 11.6 Å². The van der Waals surface area contributed by atoms with Crippen molar-refractivity contribution < 1.29 is 9.52 Å². The van der Waals surface area contributed by atoms with Crippen LogP contribution in [0.25, 0.3) is 0 Å². The molecule has 5 heteroatoms. The molecule has 0 bridgehead atoms. The van der Waals surface area contributed by atoms with Gasteiger partial charge in [-0.2, -0.15) is 5.10 Å². The second-order valence-corrected chi connectivity index (χ2v) is 4.79. The van der Waals surface area contributed by atoms with E-state index in [4.69, 9.17) is 4.42 Å². The van der Waals surface area contributed by atoms with Crippen molar-refractivity contribution in [2.45, 2.75) is 32.9 Å². The first-order valence-electron chi connectivity index (χ1n) is 5.58. The second kappa shape index (κ2) is 5.06. The Morgan fingerprint density at radius 2 is 2.35 bits per heavy atom. The first-order chi connectivity index (χ1) is 8.15. The minimum atomic E-state index is -0.711. The normalized spacial score (nSPS) is 12.9. The third kappa shape index (κ3) is 2.30. The minimum absolute atomic E-state index is 0.711. The zero-order chi connectivity index (χ0) is 12.4. The molecule has 17 heavy (non-hydrogen) atoms. The first kappa shape index (κ1) is 12.4. The van der Waals surface area contributed by atoms with Crippen LogP contribution in [0.1, 0.15) is 36.5 Å². The third-order valence-electron chi connectivity index (χ3n) is 2.72. The summed E-state index contributed by atoms with van der Waals surface area (Å²) in [4.78, 5) is 0. The number of halogens is 1. The van der Waals surface area contributed by atoms with Crippen molar-refractivity contribution in [2.75, 3.05) is 0 Å². The molecule has 2 aromatic rings. The largest absolute Gasteiger partial charge is 0.469 e. The van der Waals surface area contributed by atoms with Crippen molar-refractivity contribution >= 4 is 15.9 Å². The molecule has 0 saturated carbocycles. The lowest BCUT2D eigenvalue weighted by Gasteiger charge is -2.13. The van der Waals surface area contributed by atoms with Crippen LogP contribution < -0.4 is 0 Å². The zero-order valence-corrected chi connectivity index (χ0v) is 11.4. The number of hydrogen-bond donors (Lipinski definition) is 1. The van der Waals surface area contributed by atoms with E-state index in [1.165, 1.54) is 0 Å². The van der Waals surface area contributed by atoms with Crippen LogP contribution in [0, 0.1) is 6.92 Å². The van der Waals surface area contributed by atoms with Gasteiger partial charge in [0.05, 0.1) is 22.6 Å². The van der Waals surface area contributed by atoms with Gasteiger partial charge in [0, 0.05) is 12.1 Å². The Bertz CT molecular complexity index is 504. The van der Waals surface area contributed by atoms with Gasteiger partial charge in [-0.05, 0) is 35.3 Å². The van der Waals surface area contributed by atoms with E-state index in [2.05, 4.69) is 28.0 Å². The predicted octanol–water partition coefficient (Wildman–Crippen LogP) is 3.04. The zero-order valence-electron chi connectivity index (χ0n) is 9.85. The molecule has 2 aromatic heterocycles. The first-order valence-corrected chi connectivity index (χ1v) is 6.37. The summed E-state index contributed by atoms with van der Waals surface area (Å²) in [6.07, 6.45) is 3.56. The van der Waals surface area contributed by atoms with Crippen molar-refractivity contribution in [3.05, 3.63) is 40.0 Å². The van der Waals surface area contributed by atoms with Gasteiger partial charge >= 0.3 is 0 Å². The van der Waals surface area contributed by atoms with Crippen molar-refractivity contribution in [1.82, 2.24) is 9.78 Å². The topological polar surface area (TPSA) is 51.2 Å². The quantitative estimate of drug-likeness (QED) is 0.944. The lowest BCUT2D eigenvalue weighted by Crippen LogP contribution is -2.10. The van der Waals surface area contributed by atoms with Crippen molar-refractivity contribution in [3.8, 4) is 0 Å². The molecule has 92 valence electrons. The molecule has 0 aliphatic heterocycles. The van der Waals surface area contributed by atoms with Gasteiger partial charge in [-0.15, -0.1) is 0 Å². The maximum Gasteiger partial charge on any atom is 0.125 e. The Hall–Kier alpha value is -1.07. The summed E-state index contributed by atoms with van der Waals surface area (Å²) in [5, 5.41) is 14.6. The molecule has 0 aliphatic rings. The summed E-state index contributed by atoms with van der Waals surface area (Å²) in [6.45, 7) is 4.71. The Labute approximate surface area is 108 Å². The van der Waals surface area contributed by atoms with Crippen LogP contribution in [-0.4, -0.2) is 14.9 Å². The van der Waals surface area contributed by atoms with Crippen LogP contribution in [0.2, 0.25) is 0 Å². The van der Waals surface area contributed by atoms with Gasteiger partial charge in [0.15, 0.2) is 0 Å². The van der Waals surface area contributed by atoms with Crippen LogP contribution in [0.15, 0.2) is 27.4 Å². The highest BCUT2D eigenvalue weighted by atomic mass is 79.9. The van der Waals surface area contributed by atoms with Gasteiger partial charge < -0.3 is 9.52 Å². The molecule has 0 fully saturated rings. The highest BCUT2D eigenvalue weighted by molar-refractivity contribution is 9.10. The van der Waals surface area contributed by atoms with Gasteiger partial charge in [0.1, 0.15) is 11.9 Å². The maximum absolute atomic E-state index is 10.4. The number of hydrogen-bond acceptors (Lipinski definition) is 3. The van der Waals surface area contributed by atoms with E-state index in [0.717, 1.165) is 34.5 Å². The highest BCUT2D eigenvalue weighted by Crippen LogP contribution is 2.30. The highest BCUT2D eigenvalue weighted by Gasteiger charge is 2.22. The van der Waals surface area contributed by atoms with E-state index in [0.29, 0.717) is 0 Å². The van der Waals surface area contributed by atoms with E-state index < -0.39 is 6.10 Å². The van der Waals surface area contributed by atoms with Crippen LogP contribution >= 0.6 is 15.9 Å². The summed E-state index contributed by atoms with van der Waals surface area (Å²) in [7, 11) is 0. The Kier molecular flexibility index (Phi) is 3.69. The number of aliphatic hydroxyl groups excluding tert-OH is 1. The van der Waals surface area contributed by atoms with E-state index in [9.17, 15) is 5.11 Å². The molecular formula is C12H15BrN2O2. The number of rotatable bonds is 4. The fourth-order valence-electron chi connectivity index (χ4n) is 1.86. The molecule has 0 saturated heterocycles. The molecule has 0 spiro atoms. The summed E-state index contributed by atoms with van der Waals surface area (Å²) < 4.78 is 7.86. The maximum atomic E-state index is 10.4. The molecule has 4 nitrogen and oxygen atoms in total. The summed E-state index contributed by atoms with van der Waals surface area (Å²) in [5.74, 6) is 0.730. The average molecular weight is 299 g/mol. The summed E-state index contributed by atoms with van der Waals surface area (Å²) in [6, 6.07) is 1.79. The molecule has 0 amide bonds. The van der Waals surface area contributed by atoms with Gasteiger partial charge in [-0.3, -0.25) is 4.68 Å². The molecule has 2 rings (SSSR count). The van der Waals surface area contributed by atoms with Crippen LogP contribution in [0.4, 0.5) is 0 Å². The summed E-state index contributed by atoms with van der Waals surface area (Å²) >= 11 is 3.42. The second-order valence-electron chi connectivity index (χ2n) is 3.94. The average Bonchev–Trinajstić information content (AvgIpc) is 2.86. The molecule has 0 aliphatic carbocycles. The van der Waals surface area contributed by atoms with Crippen LogP contribution in [0.5, 0.6) is 0 Å². The van der Waals surface area contributed by atoms with Gasteiger partial charge in [-0.25, -0.2) is 0 Å². The van der Waals surface area contributed by atoms with Crippen LogP contribution in [-0.2, 0) is 6.54 Å². The van der Waals surface area contributed by atoms with Crippen LogP contribution in [0.3, 0.4) is 0 Å². The Morgan fingerprint density at radius 3 is 2.94 bits per heavy atom. The summed E-state index contributed by atoms with van der Waals surface area (Å²) in [5.41, 5.74) is 1.56. The molecule has 1 atom stereocenters. The monoisotopic (exact) mass is 298 g/mol. The van der Waals surface area contributed by atoms with Gasteiger partial charge in [0.2, 0.25) is 0 Å². The van der Waals surface area contributed by atoms with Crippen molar-refractivity contribution in [1.29, 1.82) is 0 Å². The molecule has 0 aromatic carbocycles. The fraction of sp³-hybridized carbons (Fsp3) is 0.417. The van der Waals surface area contributed by atoms with E-state index in [1.54, 1.807) is 18.5 Å². The number of furan rings is 1. The molecule has 1 N–H and O–H groups in total. The molecule has 1 unspecified atom stereocenters. The van der Waals surface area contributed by atoms with Crippen molar-refractivity contribution in [2.24, 2.45) is 0 Å². The van der Waals surface area contributed by atoms with E-state index >= 15 is 0 Å². The molecule has 0 radical (unpaired) electrons. The van der Waals surface area contributed by atoms with Gasteiger partial charge in [0.25, 0.3) is 0 Å². The fourth-order valence-corrected chi connectivity index (χ4v) is 2.37. The Morgan fingerprint density at radius 1 is 1.59 bits per heavy atom. The lowest BCUT2D eigenvalue weighted by atomic mass is 10.1. The predicted molar refractivity (Wildman–Crippen MR) is 67.7 cm³/mol. The van der Waals surface area contributed by atoms with E-state index in [-0.39, 0.29) is 0 Å². The smallest absolute Gasteiger partial charge is 0.125 e. The minimum Gasteiger partial charge on any atom is -0.469 e. The lowest BCUT2D eigenvalue weighted by molar-refractivity contribution is 0.204. The SMILES string of the molecule is CCCn1ncc(Br)c1C(O)c1ccoc1C. The standard InChI is InChI=1S/C12H15BrN2O2/c1-3-5-15-11(10(13)7-14-15)12(16)9-4-6-17-8(9)2/h4,6-7,12,16H,3,5H2,1-2H3. The molecule has 2 heterocycles. The van der Waals surface area contributed by atoms with Gasteiger partial charge in [-0.1, -0.05) is 6.92 Å². The number of aryl methyl sites for hydroxylation is 2. The number of aliphatic hydroxyl groups is 1. The number of nitrogens with zero attached hydrogens (tertiary/aromatic N) is 2. The Balaban J connectivity index is 2.39.